The van der Waals surface area contributed by atoms with Crippen molar-refractivity contribution < 1.29 is 19.2 Å². The van der Waals surface area contributed by atoms with Gasteiger partial charge in [-0.2, -0.15) is 0 Å². The molecule has 0 heterocycles. The van der Waals surface area contributed by atoms with Gasteiger partial charge >= 0.3 is 7.12 Å². The maximum atomic E-state index is 13.1. The van der Waals surface area contributed by atoms with Gasteiger partial charge in [-0.05, 0) is 12.5 Å². The fourth-order valence-corrected chi connectivity index (χ4v) is 1.45. The van der Waals surface area contributed by atoms with E-state index in [1.54, 1.807) is 0 Å². The first-order valence-corrected chi connectivity index (χ1v) is 5.15. The molecule has 1 aliphatic rings. The van der Waals surface area contributed by atoms with Gasteiger partial charge in [-0.15, -0.1) is 0 Å². The topological polar surface area (TPSA) is 49.7 Å². The Morgan fingerprint density at radius 1 is 1.60 bits per heavy atom. The van der Waals surface area contributed by atoms with Crippen molar-refractivity contribution in [3.05, 3.63) is 24.1 Å². The monoisotopic (exact) mass is 214 g/mol. The lowest BCUT2D eigenvalue weighted by Crippen LogP contribution is -2.48. The van der Waals surface area contributed by atoms with Crippen LogP contribution in [0.3, 0.4) is 0 Å². The SMILES string of the molecule is CCCCOC1(B(O)O)C=CC=C(F)C1. The van der Waals surface area contributed by atoms with Crippen LogP contribution in [0.1, 0.15) is 26.2 Å². The molecule has 3 nitrogen and oxygen atoms in total. The third-order valence-corrected chi connectivity index (χ3v) is 2.41. The normalized spacial score (nSPS) is 25.2. The van der Waals surface area contributed by atoms with Crippen molar-refractivity contribution in [2.75, 3.05) is 6.61 Å². The van der Waals surface area contributed by atoms with Gasteiger partial charge in [-0.25, -0.2) is 4.39 Å². The molecule has 1 atom stereocenters. The number of hydrogen-bond acceptors (Lipinski definition) is 3. The third-order valence-electron chi connectivity index (χ3n) is 2.41. The highest BCUT2D eigenvalue weighted by atomic mass is 19.1. The van der Waals surface area contributed by atoms with Crippen LogP contribution in [0.15, 0.2) is 24.1 Å². The molecule has 0 radical (unpaired) electrons. The molecular weight excluding hydrogens is 198 g/mol. The van der Waals surface area contributed by atoms with Crippen molar-refractivity contribution in [2.45, 2.75) is 31.7 Å². The van der Waals surface area contributed by atoms with Gasteiger partial charge in [-0.1, -0.05) is 25.5 Å². The molecule has 5 heteroatoms. The zero-order chi connectivity index (χ0) is 11.3. The molecule has 1 unspecified atom stereocenters. The van der Waals surface area contributed by atoms with E-state index in [4.69, 9.17) is 4.74 Å². The van der Waals surface area contributed by atoms with E-state index >= 15 is 0 Å². The molecule has 2 N–H and O–H groups in total. The Kier molecular flexibility index (Phi) is 4.51. The van der Waals surface area contributed by atoms with Crippen molar-refractivity contribution in [2.24, 2.45) is 0 Å². The molecule has 0 amide bonds. The molecule has 0 saturated heterocycles. The van der Waals surface area contributed by atoms with Crippen molar-refractivity contribution in [3.63, 3.8) is 0 Å². The zero-order valence-corrected chi connectivity index (χ0v) is 8.82. The zero-order valence-electron chi connectivity index (χ0n) is 8.82. The summed E-state index contributed by atoms with van der Waals surface area (Å²) in [7, 11) is -1.70. The summed E-state index contributed by atoms with van der Waals surface area (Å²) < 4.78 is 18.4. The summed E-state index contributed by atoms with van der Waals surface area (Å²) in [5, 5.41) is 18.5. The summed E-state index contributed by atoms with van der Waals surface area (Å²) in [5.41, 5.74) is -1.31. The molecule has 0 fully saturated rings. The van der Waals surface area contributed by atoms with E-state index in [1.807, 2.05) is 6.92 Å². The fourth-order valence-electron chi connectivity index (χ4n) is 1.45. The van der Waals surface area contributed by atoms with Crippen LogP contribution < -0.4 is 0 Å². The quantitative estimate of drug-likeness (QED) is 0.536. The van der Waals surface area contributed by atoms with Gasteiger partial charge in [0.25, 0.3) is 0 Å². The van der Waals surface area contributed by atoms with E-state index in [9.17, 15) is 14.4 Å². The van der Waals surface area contributed by atoms with Crippen molar-refractivity contribution in [1.29, 1.82) is 0 Å². The van der Waals surface area contributed by atoms with E-state index in [-0.39, 0.29) is 6.42 Å². The predicted molar refractivity (Wildman–Crippen MR) is 56.7 cm³/mol. The second-order valence-electron chi connectivity index (χ2n) is 3.68. The van der Waals surface area contributed by atoms with Crippen LogP contribution in [0.5, 0.6) is 0 Å². The summed E-state index contributed by atoms with van der Waals surface area (Å²) in [6, 6.07) is 0. The van der Waals surface area contributed by atoms with Crippen molar-refractivity contribution >= 4 is 7.12 Å². The van der Waals surface area contributed by atoms with Gasteiger partial charge < -0.3 is 14.8 Å². The summed E-state index contributed by atoms with van der Waals surface area (Å²) in [4.78, 5) is 0. The van der Waals surface area contributed by atoms with Gasteiger partial charge in [-0.3, -0.25) is 0 Å². The Morgan fingerprint density at radius 2 is 2.33 bits per heavy atom. The minimum absolute atomic E-state index is 0.120. The third kappa shape index (κ3) is 3.16. The molecule has 15 heavy (non-hydrogen) atoms. The maximum absolute atomic E-state index is 13.1. The van der Waals surface area contributed by atoms with E-state index in [0.29, 0.717) is 6.61 Å². The van der Waals surface area contributed by atoms with Gasteiger partial charge in [0.15, 0.2) is 0 Å². The first-order chi connectivity index (χ1) is 7.10. The van der Waals surface area contributed by atoms with E-state index in [1.165, 1.54) is 18.2 Å². The summed E-state index contributed by atoms with van der Waals surface area (Å²) in [6.45, 7) is 2.40. The van der Waals surface area contributed by atoms with Crippen molar-refractivity contribution in [1.82, 2.24) is 0 Å². The van der Waals surface area contributed by atoms with Gasteiger partial charge in [0.05, 0.1) is 0 Å². The lowest BCUT2D eigenvalue weighted by Gasteiger charge is -2.31. The Hall–Kier alpha value is -0.645. The smallest absolute Gasteiger partial charge is 0.425 e. The minimum atomic E-state index is -1.70. The number of hydrogen-bond donors (Lipinski definition) is 2. The molecule has 1 aliphatic carbocycles. The number of halogens is 1. The first kappa shape index (κ1) is 12.4. The highest BCUT2D eigenvalue weighted by Gasteiger charge is 2.43. The summed E-state index contributed by atoms with van der Waals surface area (Å²) in [5.74, 6) is -0.401. The molecule has 0 bridgehead atoms. The summed E-state index contributed by atoms with van der Waals surface area (Å²) >= 11 is 0. The van der Waals surface area contributed by atoms with Crippen LogP contribution in [-0.4, -0.2) is 29.3 Å². The lowest BCUT2D eigenvalue weighted by molar-refractivity contribution is 0.0198. The van der Waals surface area contributed by atoms with Crippen LogP contribution in [0.4, 0.5) is 4.39 Å². The molecule has 0 spiro atoms. The number of allylic oxidation sites excluding steroid dienone is 2. The predicted octanol–water partition coefficient (Wildman–Crippen LogP) is 1.37. The Bertz CT molecular complexity index is 265. The Labute approximate surface area is 89.4 Å². The van der Waals surface area contributed by atoms with Gasteiger partial charge in [0, 0.05) is 13.0 Å². The van der Waals surface area contributed by atoms with E-state index < -0.39 is 18.4 Å². The number of ether oxygens (including phenoxy) is 1. The highest BCUT2D eigenvalue weighted by molar-refractivity contribution is 6.46. The fraction of sp³-hybridized carbons (Fsp3) is 0.600. The number of rotatable bonds is 5. The maximum Gasteiger partial charge on any atom is 0.490 e. The molecule has 0 aliphatic heterocycles. The highest BCUT2D eigenvalue weighted by Crippen LogP contribution is 2.28. The molecule has 84 valence electrons. The average Bonchev–Trinajstić information content (AvgIpc) is 2.18. The summed E-state index contributed by atoms with van der Waals surface area (Å²) in [6.07, 6.45) is 5.88. The second kappa shape index (κ2) is 5.44. The van der Waals surface area contributed by atoms with Crippen LogP contribution >= 0.6 is 0 Å². The van der Waals surface area contributed by atoms with Crippen LogP contribution in [0.25, 0.3) is 0 Å². The molecule has 0 saturated carbocycles. The van der Waals surface area contributed by atoms with E-state index in [2.05, 4.69) is 0 Å². The van der Waals surface area contributed by atoms with Crippen LogP contribution in [0, 0.1) is 0 Å². The molecule has 1 rings (SSSR count). The van der Waals surface area contributed by atoms with Crippen molar-refractivity contribution in [3.8, 4) is 0 Å². The first-order valence-electron chi connectivity index (χ1n) is 5.15. The molecule has 0 aromatic heterocycles. The standard InChI is InChI=1S/C10H16BFO3/c1-2-3-7-15-10(11(13)14)6-4-5-9(12)8-10/h4-6,13-14H,2-3,7-8H2,1H3. The van der Waals surface area contributed by atoms with Crippen LogP contribution in [0.2, 0.25) is 0 Å². The van der Waals surface area contributed by atoms with Crippen LogP contribution in [-0.2, 0) is 4.74 Å². The Morgan fingerprint density at radius 3 is 2.87 bits per heavy atom. The second-order valence-corrected chi connectivity index (χ2v) is 3.68. The number of unbranched alkanes of at least 4 members (excludes halogenated alkanes) is 1. The minimum Gasteiger partial charge on any atom is -0.425 e. The largest absolute Gasteiger partial charge is 0.490 e. The van der Waals surface area contributed by atoms with Gasteiger partial charge in [0.1, 0.15) is 11.3 Å². The molecule has 0 aromatic carbocycles. The molecular formula is C10H16BFO3. The molecule has 0 aromatic rings. The van der Waals surface area contributed by atoms with E-state index in [0.717, 1.165) is 12.8 Å². The van der Waals surface area contributed by atoms with Gasteiger partial charge in [0.2, 0.25) is 0 Å². The average molecular weight is 214 g/mol. The Balaban J connectivity index is 2.64. The lowest BCUT2D eigenvalue weighted by atomic mass is 9.64.